The lowest BCUT2D eigenvalue weighted by Gasteiger charge is -2.30. The number of alkyl halides is 2. The van der Waals surface area contributed by atoms with Crippen LogP contribution in [0.25, 0.3) is 11.1 Å². The maximum atomic E-state index is 14.2. The van der Waals surface area contributed by atoms with E-state index in [1.807, 2.05) is 24.8 Å². The molecule has 0 unspecified atom stereocenters. The van der Waals surface area contributed by atoms with E-state index in [1.165, 1.54) is 18.3 Å². The Morgan fingerprint density at radius 1 is 1.19 bits per heavy atom. The molecule has 0 radical (unpaired) electrons. The summed E-state index contributed by atoms with van der Waals surface area (Å²) in [5.41, 5.74) is 8.97. The van der Waals surface area contributed by atoms with E-state index in [0.29, 0.717) is 35.5 Å². The van der Waals surface area contributed by atoms with Gasteiger partial charge in [-0.25, -0.2) is 13.2 Å². The molecule has 2 aliphatic rings. The van der Waals surface area contributed by atoms with Crippen LogP contribution < -0.4 is 16.0 Å². The Morgan fingerprint density at radius 3 is 2.53 bits per heavy atom. The number of carbonyl (C=O) groups is 1. The van der Waals surface area contributed by atoms with Crippen molar-refractivity contribution in [3.8, 4) is 11.1 Å². The van der Waals surface area contributed by atoms with Gasteiger partial charge in [0.2, 0.25) is 5.92 Å². The number of rotatable bonds is 4. The van der Waals surface area contributed by atoms with Crippen LogP contribution in [0.1, 0.15) is 54.9 Å². The van der Waals surface area contributed by atoms with Crippen molar-refractivity contribution in [2.24, 2.45) is 5.73 Å². The van der Waals surface area contributed by atoms with Crippen molar-refractivity contribution in [2.75, 3.05) is 18.0 Å². The van der Waals surface area contributed by atoms with Crippen LogP contribution in [0.3, 0.4) is 0 Å². The van der Waals surface area contributed by atoms with Crippen LogP contribution in [-0.4, -0.2) is 41.5 Å². The van der Waals surface area contributed by atoms with Gasteiger partial charge >= 0.3 is 0 Å². The van der Waals surface area contributed by atoms with Crippen molar-refractivity contribution in [1.29, 1.82) is 0 Å². The van der Waals surface area contributed by atoms with E-state index in [-0.39, 0.29) is 43.4 Å². The number of nitrogens with zero attached hydrogens (tertiary/aromatic N) is 2. The highest BCUT2D eigenvalue weighted by Gasteiger charge is 2.37. The van der Waals surface area contributed by atoms with E-state index in [1.54, 1.807) is 6.20 Å². The second kappa shape index (κ2) is 8.39. The Hall–Kier alpha value is -2.61. The average Bonchev–Trinajstić information content (AvgIpc) is 3.07. The van der Waals surface area contributed by atoms with E-state index in [0.717, 1.165) is 12.0 Å². The van der Waals surface area contributed by atoms with Gasteiger partial charge in [0.15, 0.2) is 0 Å². The zero-order valence-electron chi connectivity index (χ0n) is 18.4. The summed E-state index contributed by atoms with van der Waals surface area (Å²) in [6, 6.07) is 4.41. The van der Waals surface area contributed by atoms with E-state index in [4.69, 9.17) is 5.73 Å². The van der Waals surface area contributed by atoms with Gasteiger partial charge in [-0.05, 0) is 56.4 Å². The molecule has 2 aromatic rings. The molecule has 1 aromatic carbocycles. The van der Waals surface area contributed by atoms with Crippen LogP contribution in [0.5, 0.6) is 0 Å². The van der Waals surface area contributed by atoms with Gasteiger partial charge in [-0.1, -0.05) is 6.07 Å². The quantitative estimate of drug-likeness (QED) is 0.729. The van der Waals surface area contributed by atoms with Gasteiger partial charge in [0.25, 0.3) is 5.91 Å². The molecule has 0 spiro atoms. The number of nitrogens with one attached hydrogen (secondary N) is 1. The Balaban J connectivity index is 1.71. The average molecular weight is 447 g/mol. The van der Waals surface area contributed by atoms with E-state index in [2.05, 4.69) is 10.3 Å². The van der Waals surface area contributed by atoms with Crippen molar-refractivity contribution in [3.05, 3.63) is 47.5 Å². The summed E-state index contributed by atoms with van der Waals surface area (Å²) in [6.07, 6.45) is 3.86. The Labute approximate surface area is 186 Å². The first-order chi connectivity index (χ1) is 15.0. The molecule has 172 valence electrons. The lowest BCUT2D eigenvalue weighted by atomic mass is 9.92. The van der Waals surface area contributed by atoms with Gasteiger partial charge in [-0.3, -0.25) is 9.78 Å². The second-order valence-electron chi connectivity index (χ2n) is 9.53. The molecule has 1 aliphatic carbocycles. The minimum atomic E-state index is -2.66. The number of pyridine rings is 1. The number of hydrogen-bond donors (Lipinski definition) is 2. The highest BCUT2D eigenvalue weighted by Crippen LogP contribution is 2.38. The predicted molar refractivity (Wildman–Crippen MR) is 118 cm³/mol. The molecule has 1 aromatic heterocycles. The van der Waals surface area contributed by atoms with Crippen molar-refractivity contribution in [1.82, 2.24) is 10.3 Å². The summed E-state index contributed by atoms with van der Waals surface area (Å²) in [5.74, 6) is -3.39. The number of carbonyl (C=O) groups excluding carboxylic acids is 1. The first kappa shape index (κ1) is 22.6. The van der Waals surface area contributed by atoms with Crippen LogP contribution in [-0.2, 0) is 0 Å². The summed E-state index contributed by atoms with van der Waals surface area (Å²) >= 11 is 0. The molecule has 8 heteroatoms. The molecular weight excluding hydrogens is 417 g/mol. The van der Waals surface area contributed by atoms with Crippen molar-refractivity contribution in [2.45, 2.75) is 63.5 Å². The third-order valence-electron chi connectivity index (χ3n) is 6.39. The first-order valence-corrected chi connectivity index (χ1v) is 11.0. The lowest BCUT2D eigenvalue weighted by Crippen LogP contribution is -2.42. The lowest BCUT2D eigenvalue weighted by molar-refractivity contribution is -0.0399. The normalized spacial score (nSPS) is 23.4. The maximum Gasteiger partial charge on any atom is 0.255 e. The molecule has 1 saturated heterocycles. The van der Waals surface area contributed by atoms with Gasteiger partial charge in [-0.15, -0.1) is 0 Å². The van der Waals surface area contributed by atoms with Crippen molar-refractivity contribution in [3.63, 3.8) is 0 Å². The minimum absolute atomic E-state index is 0.231. The summed E-state index contributed by atoms with van der Waals surface area (Å²) in [7, 11) is 0. The summed E-state index contributed by atoms with van der Waals surface area (Å²) in [4.78, 5) is 19.6. The Morgan fingerprint density at radius 2 is 1.91 bits per heavy atom. The maximum absolute atomic E-state index is 14.2. The predicted octanol–water partition coefficient (Wildman–Crippen LogP) is 4.43. The molecular formula is C24H29F3N4O. The number of aryl methyl sites for hydroxylation is 1. The summed E-state index contributed by atoms with van der Waals surface area (Å²) in [6.45, 7) is 4.95. The summed E-state index contributed by atoms with van der Waals surface area (Å²) < 4.78 is 41.2. The number of aromatic nitrogens is 1. The molecule has 5 nitrogen and oxygen atoms in total. The molecule has 1 aliphatic heterocycles. The van der Waals surface area contributed by atoms with Crippen molar-refractivity contribution < 1.29 is 18.0 Å². The zero-order chi connectivity index (χ0) is 23.1. The molecule has 32 heavy (non-hydrogen) atoms. The molecule has 0 bridgehead atoms. The highest BCUT2D eigenvalue weighted by molar-refractivity contribution is 6.03. The molecule has 4 rings (SSSR count). The Bertz CT molecular complexity index is 994. The first-order valence-electron chi connectivity index (χ1n) is 11.0. The fraction of sp³-hybridized carbons (Fsp3) is 0.500. The third-order valence-corrected chi connectivity index (χ3v) is 6.39. The van der Waals surface area contributed by atoms with Gasteiger partial charge in [0.05, 0.1) is 11.3 Å². The number of benzene rings is 1. The monoisotopic (exact) mass is 446 g/mol. The number of amides is 1. The van der Waals surface area contributed by atoms with Crippen LogP contribution in [0.4, 0.5) is 18.9 Å². The van der Waals surface area contributed by atoms with Crippen LogP contribution in [0, 0.1) is 12.7 Å². The van der Waals surface area contributed by atoms with Gasteiger partial charge in [-0.2, -0.15) is 0 Å². The third kappa shape index (κ3) is 4.90. The minimum Gasteiger partial charge on any atom is -0.368 e. The number of anilines is 1. The molecule has 2 heterocycles. The van der Waals surface area contributed by atoms with E-state index in [9.17, 15) is 18.0 Å². The fourth-order valence-electron chi connectivity index (χ4n) is 4.69. The molecule has 2 fully saturated rings. The smallest absolute Gasteiger partial charge is 0.255 e. The van der Waals surface area contributed by atoms with Gasteiger partial charge in [0, 0.05) is 55.5 Å². The topological polar surface area (TPSA) is 71.2 Å². The van der Waals surface area contributed by atoms with Crippen molar-refractivity contribution >= 4 is 11.6 Å². The molecule has 1 amide bonds. The zero-order valence-corrected chi connectivity index (χ0v) is 18.4. The Kier molecular flexibility index (Phi) is 5.92. The van der Waals surface area contributed by atoms with Gasteiger partial charge in [0.1, 0.15) is 5.82 Å². The number of nitrogens with two attached hydrogens (primary N) is 1. The van der Waals surface area contributed by atoms with Gasteiger partial charge < -0.3 is 16.0 Å². The highest BCUT2D eigenvalue weighted by atomic mass is 19.3. The van der Waals surface area contributed by atoms with E-state index < -0.39 is 11.5 Å². The number of halogens is 3. The van der Waals surface area contributed by atoms with E-state index >= 15 is 0 Å². The van der Waals surface area contributed by atoms with Crippen LogP contribution >= 0.6 is 0 Å². The molecule has 1 atom stereocenters. The summed E-state index contributed by atoms with van der Waals surface area (Å²) in [5, 5.41) is 2.91. The SMILES string of the molecule is Cc1cc(F)cc(-c2cncc(C(=O)NC3CCC(F)(F)CC3)c2N2CC[C@](C)(N)C2)c1. The van der Waals surface area contributed by atoms with Crippen LogP contribution in [0.15, 0.2) is 30.6 Å². The standard InChI is InChI=1S/C24H29F3N4O/c1-15-9-16(11-17(25)10-15)19-12-29-13-20(21(19)31-8-7-23(2,28)14-31)22(32)30-18-3-5-24(26,27)6-4-18/h9-13,18H,3-8,14,28H2,1-2H3,(H,30,32)/t23-/m0/s1. The second-order valence-corrected chi connectivity index (χ2v) is 9.53. The number of hydrogen-bond acceptors (Lipinski definition) is 4. The van der Waals surface area contributed by atoms with Crippen LogP contribution in [0.2, 0.25) is 0 Å². The molecule has 1 saturated carbocycles. The fourth-order valence-corrected chi connectivity index (χ4v) is 4.69. The molecule has 3 N–H and O–H groups in total. The largest absolute Gasteiger partial charge is 0.368 e.